The molecule has 152 valence electrons. The highest BCUT2D eigenvalue weighted by atomic mass is 16.2. The van der Waals surface area contributed by atoms with Crippen LogP contribution in [0.2, 0.25) is 0 Å². The molecule has 0 aromatic carbocycles. The van der Waals surface area contributed by atoms with E-state index in [4.69, 9.17) is 0 Å². The van der Waals surface area contributed by atoms with E-state index in [1.807, 2.05) is 4.90 Å². The number of hydrogen-bond acceptors (Lipinski definition) is 3. The van der Waals surface area contributed by atoms with Crippen LogP contribution in [0.15, 0.2) is 0 Å². The molecular weight excluding hydrogens is 326 g/mol. The molecule has 26 heavy (non-hydrogen) atoms. The Hall–Kier alpha value is -1.10. The van der Waals surface area contributed by atoms with Gasteiger partial charge in [0.2, 0.25) is 11.8 Å². The maximum absolute atomic E-state index is 12.0. The van der Waals surface area contributed by atoms with Crippen molar-refractivity contribution in [3.63, 3.8) is 0 Å². The van der Waals surface area contributed by atoms with Gasteiger partial charge in [0.15, 0.2) is 0 Å². The van der Waals surface area contributed by atoms with Gasteiger partial charge in [-0.25, -0.2) is 5.43 Å². The molecule has 5 nitrogen and oxygen atoms in total. The van der Waals surface area contributed by atoms with E-state index in [0.29, 0.717) is 6.42 Å². The molecule has 1 saturated heterocycles. The van der Waals surface area contributed by atoms with E-state index in [1.165, 1.54) is 64.2 Å². The summed E-state index contributed by atoms with van der Waals surface area (Å²) in [4.78, 5) is 25.7. The van der Waals surface area contributed by atoms with Crippen molar-refractivity contribution in [3.8, 4) is 0 Å². The maximum atomic E-state index is 12.0. The number of hydrogen-bond donors (Lipinski definition) is 2. The molecule has 1 fully saturated rings. The zero-order chi connectivity index (χ0) is 18.9. The minimum Gasteiger partial charge on any atom is -0.343 e. The van der Waals surface area contributed by atoms with Gasteiger partial charge < -0.3 is 4.90 Å². The SMILES string of the molecule is CCCCCCCCCCCCNNC(=O)CCC(=O)N1CCCCC1. The van der Waals surface area contributed by atoms with Crippen LogP contribution in [0.1, 0.15) is 103 Å². The Balaban J connectivity index is 1.84. The third-order valence-electron chi connectivity index (χ3n) is 5.16. The number of rotatable bonds is 15. The molecule has 1 aliphatic heterocycles. The highest BCUT2D eigenvalue weighted by molar-refractivity contribution is 5.83. The number of unbranched alkanes of at least 4 members (excludes halogenated alkanes) is 9. The Bertz CT molecular complexity index is 368. The smallest absolute Gasteiger partial charge is 0.234 e. The highest BCUT2D eigenvalue weighted by Crippen LogP contribution is 2.11. The highest BCUT2D eigenvalue weighted by Gasteiger charge is 2.17. The lowest BCUT2D eigenvalue weighted by Crippen LogP contribution is -2.39. The van der Waals surface area contributed by atoms with Gasteiger partial charge in [-0.15, -0.1) is 0 Å². The maximum Gasteiger partial charge on any atom is 0.234 e. The summed E-state index contributed by atoms with van der Waals surface area (Å²) >= 11 is 0. The second-order valence-electron chi connectivity index (χ2n) is 7.60. The summed E-state index contributed by atoms with van der Waals surface area (Å²) in [7, 11) is 0. The first-order chi connectivity index (χ1) is 12.7. The van der Waals surface area contributed by atoms with Crippen molar-refractivity contribution in [3.05, 3.63) is 0 Å². The van der Waals surface area contributed by atoms with Crippen molar-refractivity contribution in [1.82, 2.24) is 15.8 Å². The predicted molar refractivity (Wildman–Crippen MR) is 108 cm³/mol. The van der Waals surface area contributed by atoms with Crippen LogP contribution >= 0.6 is 0 Å². The lowest BCUT2D eigenvalue weighted by atomic mass is 10.1. The Morgan fingerprint density at radius 3 is 1.96 bits per heavy atom. The Labute approximate surface area is 160 Å². The molecule has 0 aromatic heterocycles. The van der Waals surface area contributed by atoms with E-state index in [9.17, 15) is 9.59 Å². The van der Waals surface area contributed by atoms with Crippen LogP contribution in [-0.2, 0) is 9.59 Å². The van der Waals surface area contributed by atoms with Crippen LogP contribution in [-0.4, -0.2) is 36.3 Å². The number of carbonyl (C=O) groups is 2. The summed E-state index contributed by atoms with van der Waals surface area (Å²) in [6, 6.07) is 0. The van der Waals surface area contributed by atoms with E-state index < -0.39 is 0 Å². The zero-order valence-electron chi connectivity index (χ0n) is 17.0. The van der Waals surface area contributed by atoms with Crippen molar-refractivity contribution in [2.75, 3.05) is 19.6 Å². The summed E-state index contributed by atoms with van der Waals surface area (Å²) in [6.45, 7) is 4.78. The molecule has 2 N–H and O–H groups in total. The lowest BCUT2D eigenvalue weighted by molar-refractivity contribution is -0.134. The molecule has 0 unspecified atom stereocenters. The molecule has 1 aliphatic rings. The molecule has 0 radical (unpaired) electrons. The van der Waals surface area contributed by atoms with Crippen molar-refractivity contribution in [1.29, 1.82) is 0 Å². The monoisotopic (exact) mass is 367 g/mol. The average molecular weight is 368 g/mol. The Morgan fingerprint density at radius 1 is 0.769 bits per heavy atom. The molecule has 0 atom stereocenters. The summed E-state index contributed by atoms with van der Waals surface area (Å²) < 4.78 is 0. The molecule has 0 aliphatic carbocycles. The Kier molecular flexibility index (Phi) is 14.2. The summed E-state index contributed by atoms with van der Waals surface area (Å²) in [5, 5.41) is 0. The van der Waals surface area contributed by atoms with Gasteiger partial charge in [-0.1, -0.05) is 64.7 Å². The van der Waals surface area contributed by atoms with Crippen LogP contribution < -0.4 is 10.9 Å². The molecule has 1 rings (SSSR count). The van der Waals surface area contributed by atoms with Gasteiger partial charge in [0.25, 0.3) is 0 Å². The molecule has 1 heterocycles. The van der Waals surface area contributed by atoms with E-state index in [1.54, 1.807) is 0 Å². The van der Waals surface area contributed by atoms with Gasteiger partial charge in [-0.2, -0.15) is 0 Å². The number of carbonyl (C=O) groups excluding carboxylic acids is 2. The quantitative estimate of drug-likeness (QED) is 0.335. The number of amides is 2. The van der Waals surface area contributed by atoms with Gasteiger partial charge in [-0.05, 0) is 25.7 Å². The fraction of sp³-hybridized carbons (Fsp3) is 0.905. The first kappa shape index (κ1) is 22.9. The van der Waals surface area contributed by atoms with Crippen molar-refractivity contribution in [2.45, 2.75) is 103 Å². The summed E-state index contributed by atoms with van der Waals surface area (Å²) in [5.41, 5.74) is 5.70. The van der Waals surface area contributed by atoms with Crippen molar-refractivity contribution < 1.29 is 9.59 Å². The lowest BCUT2D eigenvalue weighted by Gasteiger charge is -2.26. The van der Waals surface area contributed by atoms with Gasteiger partial charge >= 0.3 is 0 Å². The molecule has 0 saturated carbocycles. The number of piperidine rings is 1. The van der Waals surface area contributed by atoms with Crippen molar-refractivity contribution >= 4 is 11.8 Å². The molecular formula is C21H41N3O2. The third kappa shape index (κ3) is 12.3. The first-order valence-electron chi connectivity index (χ1n) is 11.0. The van der Waals surface area contributed by atoms with Gasteiger partial charge in [0.1, 0.15) is 0 Å². The number of hydrazine groups is 1. The predicted octanol–water partition coefficient (Wildman–Crippen LogP) is 4.32. The normalized spacial score (nSPS) is 14.4. The fourth-order valence-corrected chi connectivity index (χ4v) is 3.45. The van der Waals surface area contributed by atoms with Crippen molar-refractivity contribution in [2.24, 2.45) is 0 Å². The summed E-state index contributed by atoms with van der Waals surface area (Å²) in [6.07, 6.45) is 17.1. The van der Waals surface area contributed by atoms with E-state index in [0.717, 1.165) is 38.9 Å². The molecule has 5 heteroatoms. The van der Waals surface area contributed by atoms with E-state index in [-0.39, 0.29) is 18.2 Å². The van der Waals surface area contributed by atoms with Crippen LogP contribution in [0.3, 0.4) is 0 Å². The molecule has 0 aromatic rings. The largest absolute Gasteiger partial charge is 0.343 e. The summed E-state index contributed by atoms with van der Waals surface area (Å²) in [5.74, 6) is 0.0389. The molecule has 0 bridgehead atoms. The minimum atomic E-state index is -0.0811. The van der Waals surface area contributed by atoms with Gasteiger partial charge in [0.05, 0.1) is 0 Å². The third-order valence-corrected chi connectivity index (χ3v) is 5.16. The van der Waals surface area contributed by atoms with Gasteiger partial charge in [0, 0.05) is 32.5 Å². The first-order valence-corrected chi connectivity index (χ1v) is 11.0. The average Bonchev–Trinajstić information content (AvgIpc) is 2.67. The standard InChI is InChI=1S/C21H41N3O2/c1-2-3-4-5-6-7-8-9-10-12-17-22-23-20(25)15-16-21(26)24-18-13-11-14-19-24/h22H,2-19H2,1H3,(H,23,25). The number of nitrogens with zero attached hydrogens (tertiary/aromatic N) is 1. The van der Waals surface area contributed by atoms with Crippen LogP contribution in [0, 0.1) is 0 Å². The second-order valence-corrected chi connectivity index (χ2v) is 7.60. The topological polar surface area (TPSA) is 61.4 Å². The zero-order valence-corrected chi connectivity index (χ0v) is 17.0. The fourth-order valence-electron chi connectivity index (χ4n) is 3.45. The van der Waals surface area contributed by atoms with Gasteiger partial charge in [-0.3, -0.25) is 15.0 Å². The van der Waals surface area contributed by atoms with E-state index in [2.05, 4.69) is 17.8 Å². The van der Waals surface area contributed by atoms with Crippen LogP contribution in [0.4, 0.5) is 0 Å². The molecule has 2 amide bonds. The minimum absolute atomic E-state index is 0.0811. The van der Waals surface area contributed by atoms with Crippen LogP contribution in [0.5, 0.6) is 0 Å². The Morgan fingerprint density at radius 2 is 1.35 bits per heavy atom. The number of likely N-dealkylation sites (tertiary alicyclic amines) is 1. The number of nitrogens with one attached hydrogen (secondary N) is 2. The second kappa shape index (κ2) is 16.1. The van der Waals surface area contributed by atoms with Crippen LogP contribution in [0.25, 0.3) is 0 Å². The van der Waals surface area contributed by atoms with E-state index >= 15 is 0 Å². The molecule has 0 spiro atoms.